The summed E-state index contributed by atoms with van der Waals surface area (Å²) in [5, 5.41) is 14.6. The smallest absolute Gasteiger partial charge is 0.336 e. The maximum absolute atomic E-state index is 13.8. The summed E-state index contributed by atoms with van der Waals surface area (Å²) in [5.74, 6) is -1.71. The normalized spacial score (nSPS) is 17.2. The van der Waals surface area contributed by atoms with Crippen LogP contribution < -0.4 is 14.8 Å². The predicted octanol–water partition coefficient (Wildman–Crippen LogP) is 4.85. The molecule has 0 aromatic heterocycles. The highest BCUT2D eigenvalue weighted by Gasteiger charge is 2.39. The van der Waals surface area contributed by atoms with Gasteiger partial charge >= 0.3 is 11.7 Å². The first-order valence-electron chi connectivity index (χ1n) is 11.9. The molecule has 0 unspecified atom stereocenters. The highest BCUT2D eigenvalue weighted by Crippen LogP contribution is 2.43. The van der Waals surface area contributed by atoms with Crippen molar-refractivity contribution < 1.29 is 33.1 Å². The van der Waals surface area contributed by atoms with Crippen molar-refractivity contribution in [1.29, 1.82) is 0 Å². The van der Waals surface area contributed by atoms with E-state index in [0.29, 0.717) is 53.0 Å². The highest BCUT2D eigenvalue weighted by atomic mass is 19.1. The minimum absolute atomic E-state index is 0.0444. The van der Waals surface area contributed by atoms with Crippen LogP contribution in [0.25, 0.3) is 0 Å². The number of Topliss-reactive ketones (excluding diaryl/α,β-unsaturated/α-hetero) is 1. The largest absolute Gasteiger partial charge is 0.496 e. The number of benzene rings is 2. The van der Waals surface area contributed by atoms with Crippen molar-refractivity contribution in [3.8, 4) is 11.5 Å². The molecule has 1 heterocycles. The van der Waals surface area contributed by atoms with E-state index in [1.165, 1.54) is 7.11 Å². The molecule has 2 aromatic carbocycles. The molecule has 1 atom stereocenters. The fraction of sp³-hybridized carbons (Fsp3) is 0.333. The topological polar surface area (TPSA) is 117 Å². The van der Waals surface area contributed by atoms with Crippen molar-refractivity contribution in [2.24, 2.45) is 0 Å². The van der Waals surface area contributed by atoms with E-state index >= 15 is 0 Å². The number of nitro benzene ring substituents is 1. The number of ether oxygens (including phenoxy) is 3. The number of dihydropyridines is 1. The van der Waals surface area contributed by atoms with E-state index in [1.807, 2.05) is 0 Å². The van der Waals surface area contributed by atoms with Crippen LogP contribution in [0.5, 0.6) is 11.5 Å². The summed E-state index contributed by atoms with van der Waals surface area (Å²) < 4.78 is 30.2. The molecule has 2 aliphatic rings. The van der Waals surface area contributed by atoms with Crippen LogP contribution in [0.15, 0.2) is 58.9 Å². The van der Waals surface area contributed by atoms with E-state index in [4.69, 9.17) is 14.2 Å². The molecule has 0 radical (unpaired) electrons. The van der Waals surface area contributed by atoms with Crippen molar-refractivity contribution in [2.75, 3.05) is 13.7 Å². The lowest BCUT2D eigenvalue weighted by Gasteiger charge is -2.34. The second-order valence-corrected chi connectivity index (χ2v) is 8.72. The van der Waals surface area contributed by atoms with Crippen LogP contribution in [0.3, 0.4) is 0 Å². The zero-order chi connectivity index (χ0) is 26.7. The summed E-state index contributed by atoms with van der Waals surface area (Å²) in [6.45, 7) is 3.49. The van der Waals surface area contributed by atoms with Gasteiger partial charge < -0.3 is 19.5 Å². The summed E-state index contributed by atoms with van der Waals surface area (Å²) in [6, 6.07) is 8.16. The number of nitrogens with one attached hydrogen (secondary N) is 1. The first kappa shape index (κ1) is 25.9. The molecule has 0 spiro atoms. The van der Waals surface area contributed by atoms with E-state index in [-0.39, 0.29) is 30.4 Å². The number of carbonyl (C=O) groups excluding carboxylic acids is 2. The minimum atomic E-state index is -0.675. The van der Waals surface area contributed by atoms with E-state index in [9.17, 15) is 24.1 Å². The summed E-state index contributed by atoms with van der Waals surface area (Å²) in [6.07, 6.45) is 1.77. The molecule has 0 amide bonds. The average Bonchev–Trinajstić information content (AvgIpc) is 2.86. The first-order valence-corrected chi connectivity index (χ1v) is 11.9. The van der Waals surface area contributed by atoms with Crippen molar-refractivity contribution >= 4 is 17.4 Å². The number of nitro groups is 1. The van der Waals surface area contributed by atoms with Crippen LogP contribution in [-0.4, -0.2) is 30.4 Å². The second kappa shape index (κ2) is 10.8. The predicted molar refractivity (Wildman–Crippen MR) is 131 cm³/mol. The van der Waals surface area contributed by atoms with Gasteiger partial charge in [-0.15, -0.1) is 0 Å². The number of nitrogens with zero attached hydrogens (tertiary/aromatic N) is 1. The standard InChI is InChI=1S/C27H27FN2O7/c1-4-36-27(32)24-15(2)29-19-6-5-7-21(31)26(19)25(24)16-8-11-22(35-3)17(12-16)14-37-23-13-18(28)9-10-20(23)30(33)34/h8-13,25,29H,4-7,14H2,1-3H3/t25-/m1/s1. The van der Waals surface area contributed by atoms with Crippen LogP contribution in [-0.2, 0) is 20.9 Å². The zero-order valence-corrected chi connectivity index (χ0v) is 20.8. The SMILES string of the molecule is CCOC(=O)C1=C(C)NC2=C(C(=O)CCC2)[C@@H]1c1ccc(OC)c(COc2cc(F)ccc2[N+](=O)[O-])c1. The summed E-state index contributed by atoms with van der Waals surface area (Å²) in [5.41, 5.74) is 3.03. The zero-order valence-electron chi connectivity index (χ0n) is 20.8. The molecule has 0 bridgehead atoms. The number of esters is 1. The molecule has 2 aromatic rings. The monoisotopic (exact) mass is 510 g/mol. The Hall–Kier alpha value is -4.21. The summed E-state index contributed by atoms with van der Waals surface area (Å²) in [7, 11) is 1.47. The fourth-order valence-corrected chi connectivity index (χ4v) is 4.80. The lowest BCUT2D eigenvalue weighted by molar-refractivity contribution is -0.386. The summed E-state index contributed by atoms with van der Waals surface area (Å²) in [4.78, 5) is 36.8. The maximum Gasteiger partial charge on any atom is 0.336 e. The number of rotatable bonds is 8. The third kappa shape index (κ3) is 5.18. The molecule has 0 fully saturated rings. The van der Waals surface area contributed by atoms with E-state index in [1.54, 1.807) is 32.0 Å². The highest BCUT2D eigenvalue weighted by molar-refractivity contribution is 6.03. The van der Waals surface area contributed by atoms with Crippen molar-refractivity contribution in [3.63, 3.8) is 0 Å². The van der Waals surface area contributed by atoms with Crippen LogP contribution >= 0.6 is 0 Å². The Morgan fingerprint density at radius 2 is 1.97 bits per heavy atom. The van der Waals surface area contributed by atoms with Gasteiger partial charge in [0.2, 0.25) is 0 Å². The number of halogens is 1. The number of methoxy groups -OCH3 is 1. The molecule has 0 saturated carbocycles. The second-order valence-electron chi connectivity index (χ2n) is 8.72. The number of ketones is 1. The Balaban J connectivity index is 1.77. The fourth-order valence-electron chi connectivity index (χ4n) is 4.80. The molecular weight excluding hydrogens is 483 g/mol. The lowest BCUT2D eigenvalue weighted by atomic mass is 9.75. The van der Waals surface area contributed by atoms with E-state index in [2.05, 4.69) is 5.32 Å². The number of carbonyl (C=O) groups is 2. The summed E-state index contributed by atoms with van der Waals surface area (Å²) >= 11 is 0. The Morgan fingerprint density at radius 3 is 2.68 bits per heavy atom. The van der Waals surface area contributed by atoms with Crippen molar-refractivity contribution in [1.82, 2.24) is 5.32 Å². The van der Waals surface area contributed by atoms with Gasteiger partial charge in [-0.2, -0.15) is 0 Å². The van der Waals surface area contributed by atoms with Gasteiger partial charge in [0.05, 0.1) is 24.2 Å². The molecule has 1 aliphatic heterocycles. The van der Waals surface area contributed by atoms with Gasteiger partial charge in [0.25, 0.3) is 0 Å². The Kier molecular flexibility index (Phi) is 7.56. The van der Waals surface area contributed by atoms with Gasteiger partial charge in [-0.25, -0.2) is 9.18 Å². The molecule has 1 N–H and O–H groups in total. The average molecular weight is 511 g/mol. The molecule has 4 rings (SSSR count). The van der Waals surface area contributed by atoms with Crippen LogP contribution in [0.1, 0.15) is 50.2 Å². The van der Waals surface area contributed by atoms with E-state index in [0.717, 1.165) is 23.9 Å². The molecule has 37 heavy (non-hydrogen) atoms. The molecule has 1 aliphatic carbocycles. The van der Waals surface area contributed by atoms with Gasteiger partial charge in [0, 0.05) is 47.0 Å². The van der Waals surface area contributed by atoms with Gasteiger partial charge in [-0.05, 0) is 50.5 Å². The van der Waals surface area contributed by atoms with Crippen LogP contribution in [0.2, 0.25) is 0 Å². The van der Waals surface area contributed by atoms with Crippen molar-refractivity contribution in [2.45, 2.75) is 45.6 Å². The van der Waals surface area contributed by atoms with Gasteiger partial charge in [-0.3, -0.25) is 14.9 Å². The lowest BCUT2D eigenvalue weighted by Crippen LogP contribution is -2.34. The van der Waals surface area contributed by atoms with E-state index < -0.39 is 22.6 Å². The Labute approximate surface area is 213 Å². The van der Waals surface area contributed by atoms with Gasteiger partial charge in [0.1, 0.15) is 18.2 Å². The van der Waals surface area contributed by atoms with Gasteiger partial charge in [-0.1, -0.05) is 6.07 Å². The molecular formula is C27H27FN2O7. The van der Waals surface area contributed by atoms with Crippen LogP contribution in [0.4, 0.5) is 10.1 Å². The third-order valence-corrected chi connectivity index (χ3v) is 6.41. The molecule has 10 heteroatoms. The van der Waals surface area contributed by atoms with Crippen molar-refractivity contribution in [3.05, 3.63) is 86.0 Å². The van der Waals surface area contributed by atoms with Crippen LogP contribution in [0, 0.1) is 15.9 Å². The third-order valence-electron chi connectivity index (χ3n) is 6.41. The number of hydrogen-bond acceptors (Lipinski definition) is 8. The van der Waals surface area contributed by atoms with Gasteiger partial charge in [0.15, 0.2) is 11.5 Å². The molecule has 9 nitrogen and oxygen atoms in total. The first-order chi connectivity index (χ1) is 17.7. The Bertz CT molecular complexity index is 1330. The minimum Gasteiger partial charge on any atom is -0.496 e. The molecule has 194 valence electrons. The quantitative estimate of drug-likeness (QED) is 0.304. The Morgan fingerprint density at radius 1 is 1.19 bits per heavy atom. The molecule has 0 saturated heterocycles. The number of hydrogen-bond donors (Lipinski definition) is 1. The maximum atomic E-state index is 13.8. The number of allylic oxidation sites excluding steroid dienone is 3.